The molecule has 0 saturated carbocycles. The molecule has 0 spiro atoms. The minimum Gasteiger partial charge on any atom is -0.444 e. The van der Waals surface area contributed by atoms with Crippen LogP contribution in [0.4, 0.5) is 19.4 Å². The molecular weight excluding hydrogens is 536 g/mol. The van der Waals surface area contributed by atoms with E-state index in [0.29, 0.717) is 11.1 Å². The molecule has 4 N–H and O–H groups in total. The first-order valence-electron chi connectivity index (χ1n) is 13.1. The average Bonchev–Trinajstić information content (AvgIpc) is 2.87. The highest BCUT2D eigenvalue weighted by Crippen LogP contribution is 2.38. The third-order valence-corrected chi connectivity index (χ3v) is 6.93. The van der Waals surface area contributed by atoms with Crippen LogP contribution in [0.3, 0.4) is 0 Å². The van der Waals surface area contributed by atoms with E-state index in [4.69, 9.17) is 15.2 Å². The lowest BCUT2D eigenvalue weighted by atomic mass is 9.82. The fourth-order valence-electron chi connectivity index (χ4n) is 4.61. The van der Waals surface area contributed by atoms with Crippen molar-refractivity contribution < 1.29 is 33.0 Å². The van der Waals surface area contributed by atoms with Gasteiger partial charge in [-0.1, -0.05) is 0 Å². The number of nitrogens with two attached hydrogens (primary N) is 1. The van der Waals surface area contributed by atoms with Crippen LogP contribution < -0.4 is 11.1 Å². The van der Waals surface area contributed by atoms with Crippen molar-refractivity contribution in [2.24, 2.45) is 0 Å². The Balaban J connectivity index is 1.58. The van der Waals surface area contributed by atoms with Gasteiger partial charge < -0.3 is 25.6 Å². The van der Waals surface area contributed by atoms with Crippen LogP contribution >= 0.6 is 0 Å². The van der Waals surface area contributed by atoms with Gasteiger partial charge >= 0.3 is 6.09 Å². The highest BCUT2D eigenvalue weighted by Gasteiger charge is 2.46. The third kappa shape index (κ3) is 6.83. The van der Waals surface area contributed by atoms with Crippen molar-refractivity contribution in [3.05, 3.63) is 71.3 Å². The molecule has 3 aromatic heterocycles. The Morgan fingerprint density at radius 3 is 2.61 bits per heavy atom. The number of carbonyl (C=O) groups excluding carboxylic acids is 2. The van der Waals surface area contributed by atoms with E-state index in [1.165, 1.54) is 24.4 Å². The summed E-state index contributed by atoms with van der Waals surface area (Å²) in [5.41, 5.74) is 3.82. The quantitative estimate of drug-likeness (QED) is 0.291. The van der Waals surface area contributed by atoms with Gasteiger partial charge in [0.2, 0.25) is 5.95 Å². The molecule has 4 rings (SSSR count). The normalized spacial score (nSPS) is 22.7. The summed E-state index contributed by atoms with van der Waals surface area (Å²) in [4.78, 5) is 37.5. The number of aromatic nitrogens is 3. The number of Topliss-reactive ketones (excluding diaryl/α,β-unsaturated/α-hetero) is 1. The monoisotopic (exact) mass is 569 g/mol. The molecule has 10 nitrogen and oxygen atoms in total. The van der Waals surface area contributed by atoms with Gasteiger partial charge in [-0.05, 0) is 76.1 Å². The predicted octanol–water partition coefficient (Wildman–Crippen LogP) is 4.32. The molecule has 12 heteroatoms. The van der Waals surface area contributed by atoms with Gasteiger partial charge in [-0.2, -0.15) is 4.39 Å². The molecule has 1 aliphatic rings. The molecule has 0 unspecified atom stereocenters. The summed E-state index contributed by atoms with van der Waals surface area (Å²) in [6, 6.07) is 5.78. The van der Waals surface area contributed by atoms with E-state index >= 15 is 0 Å². The van der Waals surface area contributed by atoms with Crippen LogP contribution in [0.1, 0.15) is 68.8 Å². The first-order chi connectivity index (χ1) is 19.2. The topological polar surface area (TPSA) is 150 Å². The number of ketones is 1. The zero-order chi connectivity index (χ0) is 30.1. The first-order valence-corrected chi connectivity index (χ1v) is 13.1. The van der Waals surface area contributed by atoms with Crippen LogP contribution in [-0.4, -0.2) is 55.3 Å². The first kappa shape index (κ1) is 29.9. The molecule has 0 bridgehead atoms. The molecule has 0 aromatic carbocycles. The number of halogens is 2. The number of nitrogens with zero attached hydrogens (tertiary/aromatic N) is 3. The highest BCUT2D eigenvalue weighted by atomic mass is 19.1. The van der Waals surface area contributed by atoms with Gasteiger partial charge in [0.25, 0.3) is 0 Å². The maximum absolute atomic E-state index is 14.6. The second-order valence-electron chi connectivity index (χ2n) is 11.2. The summed E-state index contributed by atoms with van der Waals surface area (Å²) in [6.45, 7) is 8.48. The standard InChI is InChI=1S/C29H33F2N5O5/c1-15-29(5,39)23(35-27(38)41-28(2,3)4)13-22(40-15)17-10-11-33-14-16(17)12-21(37)20-8-7-19(30)25(34-20)18-6-9-24(32)36-26(18)31/h6-11,14-15,22-23,39H,12-13H2,1-5H3,(H2,32,36)(H,35,38)/t15-,22-,23-,29-/m1/s1. The number of hydrogen-bond donors (Lipinski definition) is 3. The van der Waals surface area contributed by atoms with Gasteiger partial charge in [-0.3, -0.25) is 9.78 Å². The van der Waals surface area contributed by atoms with Gasteiger partial charge in [-0.15, -0.1) is 0 Å². The number of aliphatic hydroxyl groups is 1. The van der Waals surface area contributed by atoms with Gasteiger partial charge in [0.05, 0.1) is 23.8 Å². The van der Waals surface area contributed by atoms with Crippen molar-refractivity contribution >= 4 is 17.7 Å². The minimum absolute atomic E-state index is 0.0766. The van der Waals surface area contributed by atoms with Crippen LogP contribution in [0.5, 0.6) is 0 Å². The van der Waals surface area contributed by atoms with E-state index in [9.17, 15) is 23.5 Å². The zero-order valence-corrected chi connectivity index (χ0v) is 23.4. The summed E-state index contributed by atoms with van der Waals surface area (Å²) in [6.07, 6.45) is 1.10. The lowest BCUT2D eigenvalue weighted by Crippen LogP contribution is -2.61. The average molecular weight is 570 g/mol. The van der Waals surface area contributed by atoms with E-state index in [0.717, 1.165) is 6.07 Å². The summed E-state index contributed by atoms with van der Waals surface area (Å²) < 4.78 is 40.5. The summed E-state index contributed by atoms with van der Waals surface area (Å²) >= 11 is 0. The van der Waals surface area contributed by atoms with Crippen LogP contribution in [-0.2, 0) is 15.9 Å². The highest BCUT2D eigenvalue weighted by molar-refractivity contribution is 5.96. The Bertz CT molecular complexity index is 1460. The molecular formula is C29H33F2N5O5. The summed E-state index contributed by atoms with van der Waals surface area (Å²) in [5, 5.41) is 13.9. The fraction of sp³-hybridized carbons (Fsp3) is 0.414. The Morgan fingerprint density at radius 2 is 1.93 bits per heavy atom. The lowest BCUT2D eigenvalue weighted by molar-refractivity contribution is -0.176. The van der Waals surface area contributed by atoms with Gasteiger partial charge in [0.1, 0.15) is 34.2 Å². The number of nitrogen functional groups attached to an aromatic ring is 1. The SMILES string of the molecule is C[C@H]1O[C@@H](c2ccncc2CC(=O)c2ccc(F)c(-c3ccc(N)nc3F)n2)C[C@@H](NC(=O)OC(C)(C)C)[C@]1(C)O. The smallest absolute Gasteiger partial charge is 0.407 e. The Kier molecular flexibility index (Phi) is 8.36. The van der Waals surface area contributed by atoms with Gasteiger partial charge in [-0.25, -0.2) is 19.2 Å². The molecule has 0 radical (unpaired) electrons. The van der Waals surface area contributed by atoms with E-state index in [-0.39, 0.29) is 35.6 Å². The third-order valence-electron chi connectivity index (χ3n) is 6.93. The number of hydrogen-bond acceptors (Lipinski definition) is 9. The van der Waals surface area contributed by atoms with Crippen molar-refractivity contribution in [1.82, 2.24) is 20.3 Å². The van der Waals surface area contributed by atoms with Gasteiger partial charge in [0.15, 0.2) is 5.78 Å². The molecule has 1 saturated heterocycles. The Morgan fingerprint density at radius 1 is 1.20 bits per heavy atom. The fourth-order valence-corrected chi connectivity index (χ4v) is 4.61. The molecule has 4 heterocycles. The number of rotatable bonds is 6. The van der Waals surface area contributed by atoms with Crippen molar-refractivity contribution in [3.63, 3.8) is 0 Å². The van der Waals surface area contributed by atoms with Crippen LogP contribution in [0, 0.1) is 11.8 Å². The molecule has 1 aliphatic heterocycles. The molecule has 4 atom stereocenters. The number of pyridine rings is 3. The minimum atomic E-state index is -1.41. The van der Waals surface area contributed by atoms with Crippen LogP contribution in [0.15, 0.2) is 42.7 Å². The largest absolute Gasteiger partial charge is 0.444 e. The van der Waals surface area contributed by atoms with Crippen molar-refractivity contribution in [3.8, 4) is 11.3 Å². The number of anilines is 1. The second kappa shape index (κ2) is 11.5. The van der Waals surface area contributed by atoms with E-state index in [2.05, 4.69) is 20.3 Å². The Labute approximate surface area is 236 Å². The van der Waals surface area contributed by atoms with E-state index in [1.54, 1.807) is 46.9 Å². The van der Waals surface area contributed by atoms with Crippen molar-refractivity contribution in [2.75, 3.05) is 5.73 Å². The number of amides is 1. The molecule has 1 fully saturated rings. The molecule has 3 aromatic rings. The predicted molar refractivity (Wildman–Crippen MR) is 146 cm³/mol. The van der Waals surface area contributed by atoms with Crippen LogP contribution in [0.2, 0.25) is 0 Å². The van der Waals surface area contributed by atoms with Gasteiger partial charge in [0, 0.05) is 25.2 Å². The van der Waals surface area contributed by atoms with Crippen molar-refractivity contribution in [1.29, 1.82) is 0 Å². The van der Waals surface area contributed by atoms with Crippen LogP contribution in [0.25, 0.3) is 11.3 Å². The summed E-state index contributed by atoms with van der Waals surface area (Å²) in [7, 11) is 0. The molecule has 0 aliphatic carbocycles. The number of carbonyl (C=O) groups is 2. The number of nitrogens with one attached hydrogen (secondary N) is 1. The summed E-state index contributed by atoms with van der Waals surface area (Å²) in [5.74, 6) is -2.38. The molecule has 1 amide bonds. The maximum Gasteiger partial charge on any atom is 0.407 e. The second-order valence-corrected chi connectivity index (χ2v) is 11.2. The Hall–Kier alpha value is -4.03. The number of ether oxygens (including phenoxy) is 2. The van der Waals surface area contributed by atoms with E-state index in [1.807, 2.05) is 0 Å². The van der Waals surface area contributed by atoms with Crippen molar-refractivity contribution in [2.45, 2.75) is 76.9 Å². The lowest BCUT2D eigenvalue weighted by Gasteiger charge is -2.45. The zero-order valence-electron chi connectivity index (χ0n) is 23.4. The molecule has 218 valence electrons. The van der Waals surface area contributed by atoms with E-state index < -0.39 is 53.1 Å². The maximum atomic E-state index is 14.6. The molecule has 41 heavy (non-hydrogen) atoms. The number of alkyl carbamates (subject to hydrolysis) is 1.